The minimum absolute atomic E-state index is 0. The fourth-order valence-corrected chi connectivity index (χ4v) is 3.89. The highest BCUT2D eigenvalue weighted by Crippen LogP contribution is 2.33. The molecule has 0 fully saturated rings. The maximum absolute atomic E-state index is 11.1. The molecular formula is C28H42O3S. The van der Waals surface area contributed by atoms with Crippen LogP contribution >= 0.6 is 13.5 Å². The summed E-state index contributed by atoms with van der Waals surface area (Å²) in [6.45, 7) is 19.0. The smallest absolute Gasteiger partial charge is 0.185 e. The van der Waals surface area contributed by atoms with E-state index in [-0.39, 0.29) is 19.1 Å². The van der Waals surface area contributed by atoms with Crippen molar-refractivity contribution in [1.29, 1.82) is 0 Å². The van der Waals surface area contributed by atoms with Gasteiger partial charge in [0.15, 0.2) is 5.79 Å². The molecule has 0 saturated carbocycles. The van der Waals surface area contributed by atoms with E-state index in [1.165, 1.54) is 29.7 Å². The summed E-state index contributed by atoms with van der Waals surface area (Å²) in [5, 5.41) is 31.4. The SMILES string of the molecule is C=C/C(=C\C(C)(O)/C(=C\C)C(C)(O)O)c1cc(C)c(C)cc1CC(C)/C(C)=C/C=C\C.S. The summed E-state index contributed by atoms with van der Waals surface area (Å²) in [5.74, 6) is -1.79. The van der Waals surface area contributed by atoms with Crippen molar-refractivity contribution in [2.75, 3.05) is 0 Å². The van der Waals surface area contributed by atoms with Crippen LogP contribution in [-0.4, -0.2) is 26.7 Å². The second-order valence-electron chi connectivity index (χ2n) is 8.81. The second-order valence-corrected chi connectivity index (χ2v) is 8.81. The van der Waals surface area contributed by atoms with Gasteiger partial charge in [-0.25, -0.2) is 0 Å². The van der Waals surface area contributed by atoms with Crippen molar-refractivity contribution in [2.45, 2.75) is 73.2 Å². The third-order valence-electron chi connectivity index (χ3n) is 5.89. The van der Waals surface area contributed by atoms with E-state index in [1.807, 2.05) is 13.0 Å². The van der Waals surface area contributed by atoms with Crippen molar-refractivity contribution in [3.63, 3.8) is 0 Å². The Labute approximate surface area is 202 Å². The van der Waals surface area contributed by atoms with Crippen LogP contribution in [-0.2, 0) is 6.42 Å². The maximum atomic E-state index is 11.1. The fraction of sp³-hybridized carbons (Fsp3) is 0.429. The van der Waals surface area contributed by atoms with Crippen LogP contribution in [0.15, 0.2) is 66.3 Å². The molecule has 0 amide bonds. The predicted molar refractivity (Wildman–Crippen MR) is 143 cm³/mol. The Hall–Kier alpha value is -1.85. The van der Waals surface area contributed by atoms with Gasteiger partial charge in [0.1, 0.15) is 5.60 Å². The first-order chi connectivity index (χ1) is 14.3. The normalized spacial score (nSPS) is 16.5. The van der Waals surface area contributed by atoms with E-state index in [4.69, 9.17) is 0 Å². The summed E-state index contributed by atoms with van der Waals surface area (Å²) in [7, 11) is 0. The first kappa shape index (κ1) is 30.2. The van der Waals surface area contributed by atoms with Gasteiger partial charge in [-0.05, 0) is 94.7 Å². The van der Waals surface area contributed by atoms with Gasteiger partial charge in [-0.1, -0.05) is 61.6 Å². The Kier molecular flexibility index (Phi) is 11.7. The van der Waals surface area contributed by atoms with Crippen molar-refractivity contribution in [1.82, 2.24) is 0 Å². The van der Waals surface area contributed by atoms with Crippen LogP contribution in [0.25, 0.3) is 5.57 Å². The maximum Gasteiger partial charge on any atom is 0.185 e. The average Bonchev–Trinajstić information content (AvgIpc) is 2.65. The number of aliphatic hydroxyl groups is 3. The molecule has 0 saturated heterocycles. The van der Waals surface area contributed by atoms with Crippen molar-refractivity contribution in [2.24, 2.45) is 5.92 Å². The third kappa shape index (κ3) is 7.93. The van der Waals surface area contributed by atoms with E-state index in [1.54, 1.807) is 26.0 Å². The first-order valence-corrected chi connectivity index (χ1v) is 10.9. The fourth-order valence-electron chi connectivity index (χ4n) is 3.89. The zero-order chi connectivity index (χ0) is 24.0. The highest BCUT2D eigenvalue weighted by Gasteiger charge is 2.35. The number of allylic oxidation sites excluding steroid dienone is 7. The molecule has 1 rings (SSSR count). The molecule has 1 aromatic rings. The Bertz CT molecular complexity index is 909. The monoisotopic (exact) mass is 458 g/mol. The van der Waals surface area contributed by atoms with E-state index in [0.717, 1.165) is 23.1 Å². The first-order valence-electron chi connectivity index (χ1n) is 10.9. The lowest BCUT2D eigenvalue weighted by molar-refractivity contribution is -0.128. The zero-order valence-electron chi connectivity index (χ0n) is 21.0. The molecule has 0 aromatic heterocycles. The average molecular weight is 459 g/mol. The van der Waals surface area contributed by atoms with Crippen molar-refractivity contribution >= 4 is 19.1 Å². The van der Waals surface area contributed by atoms with Crippen molar-refractivity contribution in [3.8, 4) is 0 Å². The Morgan fingerprint density at radius 1 is 1.09 bits per heavy atom. The number of aryl methyl sites for hydroxylation is 2. The highest BCUT2D eigenvalue weighted by molar-refractivity contribution is 7.59. The van der Waals surface area contributed by atoms with E-state index >= 15 is 0 Å². The van der Waals surface area contributed by atoms with Crippen LogP contribution in [0.4, 0.5) is 0 Å². The van der Waals surface area contributed by atoms with Crippen LogP contribution in [0.1, 0.15) is 63.8 Å². The van der Waals surface area contributed by atoms with E-state index in [0.29, 0.717) is 5.92 Å². The molecule has 1 aromatic carbocycles. The molecular weight excluding hydrogens is 416 g/mol. The van der Waals surface area contributed by atoms with Crippen LogP contribution in [0, 0.1) is 19.8 Å². The summed E-state index contributed by atoms with van der Waals surface area (Å²) in [6.07, 6.45) is 12.0. The lowest BCUT2D eigenvalue weighted by atomic mass is 9.83. The number of benzene rings is 1. The van der Waals surface area contributed by atoms with Crippen LogP contribution < -0.4 is 0 Å². The molecule has 0 heterocycles. The summed E-state index contributed by atoms with van der Waals surface area (Å²) in [6, 6.07) is 4.33. The summed E-state index contributed by atoms with van der Waals surface area (Å²) < 4.78 is 0. The standard InChI is InChI=1S/C28H40O3.H2S/c1-10-13-14-19(4)20(5)15-24-16-21(6)22(7)17-25(24)23(11-2)18-27(8,29)26(12-3)28(9,30)31;/h10-14,16-18,20,29-31H,2,15H2,1,3-9H3;1H2/b13-10-,19-14+,23-18+,26-12+;. The molecule has 0 aliphatic carbocycles. The van der Waals surface area contributed by atoms with Gasteiger partial charge in [-0.3, -0.25) is 0 Å². The summed E-state index contributed by atoms with van der Waals surface area (Å²) in [5.41, 5.74) is 5.15. The number of hydrogen-bond donors (Lipinski definition) is 3. The predicted octanol–water partition coefficient (Wildman–Crippen LogP) is 6.08. The van der Waals surface area contributed by atoms with Gasteiger partial charge in [-0.2, -0.15) is 13.5 Å². The molecule has 3 nitrogen and oxygen atoms in total. The lowest BCUT2D eigenvalue weighted by Crippen LogP contribution is -2.39. The molecule has 0 radical (unpaired) electrons. The minimum Gasteiger partial charge on any atom is -0.381 e. The van der Waals surface area contributed by atoms with E-state index in [2.05, 4.69) is 58.6 Å². The largest absolute Gasteiger partial charge is 0.381 e. The van der Waals surface area contributed by atoms with Gasteiger partial charge < -0.3 is 15.3 Å². The van der Waals surface area contributed by atoms with E-state index in [9.17, 15) is 15.3 Å². The molecule has 3 N–H and O–H groups in total. The molecule has 0 bridgehead atoms. The Morgan fingerprint density at radius 2 is 1.66 bits per heavy atom. The molecule has 0 spiro atoms. The van der Waals surface area contributed by atoms with Crippen LogP contribution in [0.5, 0.6) is 0 Å². The van der Waals surface area contributed by atoms with Gasteiger partial charge in [-0.15, -0.1) is 0 Å². The topological polar surface area (TPSA) is 60.7 Å². The Morgan fingerprint density at radius 3 is 2.12 bits per heavy atom. The lowest BCUT2D eigenvalue weighted by Gasteiger charge is -2.31. The van der Waals surface area contributed by atoms with Gasteiger partial charge in [0, 0.05) is 5.57 Å². The molecule has 4 heteroatoms. The second kappa shape index (κ2) is 12.4. The van der Waals surface area contributed by atoms with Crippen molar-refractivity contribution in [3.05, 3.63) is 88.6 Å². The molecule has 0 aliphatic rings. The Balaban J connectivity index is 0.00000961. The van der Waals surface area contributed by atoms with Gasteiger partial charge >= 0.3 is 0 Å². The summed E-state index contributed by atoms with van der Waals surface area (Å²) >= 11 is 0. The molecule has 32 heavy (non-hydrogen) atoms. The quantitative estimate of drug-likeness (QED) is 0.239. The molecule has 2 atom stereocenters. The zero-order valence-corrected chi connectivity index (χ0v) is 22.0. The third-order valence-corrected chi connectivity index (χ3v) is 5.89. The van der Waals surface area contributed by atoms with E-state index < -0.39 is 11.4 Å². The van der Waals surface area contributed by atoms with Gasteiger partial charge in [0.2, 0.25) is 0 Å². The van der Waals surface area contributed by atoms with Gasteiger partial charge in [0.05, 0.1) is 0 Å². The molecule has 178 valence electrons. The highest BCUT2D eigenvalue weighted by atomic mass is 32.1. The summed E-state index contributed by atoms with van der Waals surface area (Å²) in [4.78, 5) is 0. The molecule has 2 unspecified atom stereocenters. The van der Waals surface area contributed by atoms with Gasteiger partial charge in [0.25, 0.3) is 0 Å². The van der Waals surface area contributed by atoms with Crippen LogP contribution in [0.2, 0.25) is 0 Å². The van der Waals surface area contributed by atoms with Crippen LogP contribution in [0.3, 0.4) is 0 Å². The van der Waals surface area contributed by atoms with Crippen molar-refractivity contribution < 1.29 is 15.3 Å². The number of hydrogen-bond acceptors (Lipinski definition) is 3. The number of rotatable bonds is 9. The minimum atomic E-state index is -2.13. The molecule has 0 aliphatic heterocycles.